The van der Waals surface area contributed by atoms with Crippen LogP contribution in [0.3, 0.4) is 0 Å². The van der Waals surface area contributed by atoms with Gasteiger partial charge in [-0.15, -0.1) is 0 Å². The summed E-state index contributed by atoms with van der Waals surface area (Å²) in [5.74, 6) is -1.12. The first-order chi connectivity index (χ1) is 10.7. The van der Waals surface area contributed by atoms with Crippen molar-refractivity contribution in [3.63, 3.8) is 0 Å². The molecule has 2 aromatic rings. The minimum Gasteiger partial charge on any atom is -0.325 e. The lowest BCUT2D eigenvalue weighted by molar-refractivity contribution is -0.113. The Bertz CT molecular complexity index is 843. The van der Waals surface area contributed by atoms with Gasteiger partial charge in [0.2, 0.25) is 5.91 Å². The Kier molecular flexibility index (Phi) is 5.26. The summed E-state index contributed by atoms with van der Waals surface area (Å²) >= 11 is 3.42. The van der Waals surface area contributed by atoms with Crippen LogP contribution in [0.4, 0.5) is 5.69 Å². The Morgan fingerprint density at radius 2 is 1.61 bits per heavy atom. The first kappa shape index (κ1) is 17.7. The van der Waals surface area contributed by atoms with E-state index in [9.17, 15) is 13.2 Å². The number of carbonyl (C=O) groups excluding carboxylic acids is 1. The van der Waals surface area contributed by atoms with Crippen LogP contribution < -0.4 is 5.32 Å². The molecule has 0 aliphatic heterocycles. The van der Waals surface area contributed by atoms with Crippen LogP contribution >= 0.6 is 15.9 Å². The van der Waals surface area contributed by atoms with Crippen LogP contribution in [0.15, 0.2) is 45.8 Å². The molecule has 0 saturated carbocycles. The van der Waals surface area contributed by atoms with Gasteiger partial charge in [-0.3, -0.25) is 4.79 Å². The Hall–Kier alpha value is -1.66. The zero-order chi connectivity index (χ0) is 17.2. The summed E-state index contributed by atoms with van der Waals surface area (Å²) in [6.07, 6.45) is 0. The highest BCUT2D eigenvalue weighted by Gasteiger charge is 2.20. The Balaban J connectivity index is 2.16. The maximum atomic E-state index is 12.3. The Labute approximate surface area is 145 Å². The summed E-state index contributed by atoms with van der Waals surface area (Å²) in [5, 5.41) is 2.68. The molecule has 0 unspecified atom stereocenters. The van der Waals surface area contributed by atoms with Gasteiger partial charge in [0.05, 0.1) is 4.90 Å². The third-order valence-corrected chi connectivity index (χ3v) is 6.19. The van der Waals surface area contributed by atoms with Gasteiger partial charge < -0.3 is 5.32 Å². The summed E-state index contributed by atoms with van der Waals surface area (Å²) in [5.41, 5.74) is 3.49. The molecule has 0 saturated heterocycles. The summed E-state index contributed by atoms with van der Waals surface area (Å²) in [4.78, 5) is 12.3. The molecular formula is C17H18BrNO3S. The van der Waals surface area contributed by atoms with Gasteiger partial charge in [0, 0.05) is 10.2 Å². The van der Waals surface area contributed by atoms with Crippen molar-refractivity contribution in [2.45, 2.75) is 25.7 Å². The molecule has 6 heteroatoms. The molecule has 122 valence electrons. The fraction of sp³-hybridized carbons (Fsp3) is 0.235. The summed E-state index contributed by atoms with van der Waals surface area (Å²) in [7, 11) is -3.65. The number of benzene rings is 2. The zero-order valence-electron chi connectivity index (χ0n) is 13.2. The van der Waals surface area contributed by atoms with Gasteiger partial charge in [0.1, 0.15) is 5.75 Å². The van der Waals surface area contributed by atoms with Crippen molar-refractivity contribution in [1.82, 2.24) is 0 Å². The van der Waals surface area contributed by atoms with Gasteiger partial charge in [-0.2, -0.15) is 0 Å². The predicted molar refractivity (Wildman–Crippen MR) is 95.5 cm³/mol. The minimum absolute atomic E-state index is 0.155. The number of rotatable bonds is 4. The van der Waals surface area contributed by atoms with E-state index in [2.05, 4.69) is 21.2 Å². The molecule has 0 aromatic heterocycles. The van der Waals surface area contributed by atoms with Crippen LogP contribution in [0.1, 0.15) is 16.7 Å². The molecule has 2 aromatic carbocycles. The molecule has 2 rings (SSSR count). The second-order valence-corrected chi connectivity index (χ2v) is 8.31. The maximum absolute atomic E-state index is 12.3. The Morgan fingerprint density at radius 1 is 1.00 bits per heavy atom. The van der Waals surface area contributed by atoms with Gasteiger partial charge in [0.25, 0.3) is 0 Å². The second-order valence-electron chi connectivity index (χ2n) is 5.47. The zero-order valence-corrected chi connectivity index (χ0v) is 15.6. The predicted octanol–water partition coefficient (Wildman–Crippen LogP) is 3.79. The molecule has 4 nitrogen and oxygen atoms in total. The molecule has 0 spiro atoms. The van der Waals surface area contributed by atoms with E-state index >= 15 is 0 Å². The number of aryl methyl sites for hydroxylation is 1. The summed E-state index contributed by atoms with van der Waals surface area (Å²) < 4.78 is 25.5. The van der Waals surface area contributed by atoms with Crippen molar-refractivity contribution in [1.29, 1.82) is 0 Å². The van der Waals surface area contributed by atoms with Crippen LogP contribution in [0, 0.1) is 20.8 Å². The molecule has 1 N–H and O–H groups in total. The third-order valence-electron chi connectivity index (χ3n) is 3.70. The van der Waals surface area contributed by atoms with Crippen molar-refractivity contribution in [3.8, 4) is 0 Å². The molecular weight excluding hydrogens is 378 g/mol. The normalized spacial score (nSPS) is 11.3. The third kappa shape index (κ3) is 4.20. The van der Waals surface area contributed by atoms with Gasteiger partial charge >= 0.3 is 0 Å². The average Bonchev–Trinajstić information content (AvgIpc) is 2.48. The van der Waals surface area contributed by atoms with E-state index < -0.39 is 21.5 Å². The monoisotopic (exact) mass is 395 g/mol. The quantitative estimate of drug-likeness (QED) is 0.856. The fourth-order valence-corrected chi connectivity index (χ4v) is 3.68. The highest BCUT2D eigenvalue weighted by molar-refractivity contribution is 9.10. The van der Waals surface area contributed by atoms with E-state index in [-0.39, 0.29) is 4.90 Å². The van der Waals surface area contributed by atoms with Gasteiger partial charge in [-0.05, 0) is 56.2 Å². The largest absolute Gasteiger partial charge is 0.325 e. The van der Waals surface area contributed by atoms with E-state index in [4.69, 9.17) is 0 Å². The Morgan fingerprint density at radius 3 is 2.22 bits per heavy atom. The average molecular weight is 396 g/mol. The van der Waals surface area contributed by atoms with Crippen molar-refractivity contribution in [2.75, 3.05) is 11.1 Å². The molecule has 0 radical (unpaired) electrons. The first-order valence-electron chi connectivity index (χ1n) is 7.05. The van der Waals surface area contributed by atoms with E-state index in [1.807, 2.05) is 26.8 Å². The van der Waals surface area contributed by atoms with Crippen LogP contribution in [0.5, 0.6) is 0 Å². The number of carbonyl (C=O) groups is 1. The highest BCUT2D eigenvalue weighted by atomic mass is 79.9. The number of sulfone groups is 1. The lowest BCUT2D eigenvalue weighted by Gasteiger charge is -2.12. The lowest BCUT2D eigenvalue weighted by Crippen LogP contribution is -2.23. The van der Waals surface area contributed by atoms with Crippen molar-refractivity contribution < 1.29 is 13.2 Å². The minimum atomic E-state index is -3.65. The summed E-state index contributed by atoms with van der Waals surface area (Å²) in [6.45, 7) is 5.68. The van der Waals surface area contributed by atoms with Crippen LogP contribution in [-0.2, 0) is 14.6 Å². The number of hydrogen-bond acceptors (Lipinski definition) is 3. The van der Waals surface area contributed by atoms with Crippen molar-refractivity contribution >= 4 is 37.4 Å². The van der Waals surface area contributed by atoms with Gasteiger partial charge in [0.15, 0.2) is 9.84 Å². The first-order valence-corrected chi connectivity index (χ1v) is 9.50. The lowest BCUT2D eigenvalue weighted by atomic mass is 10.1. The SMILES string of the molecule is Cc1ccc(S(=O)(=O)CC(=O)Nc2ccc(Br)c(C)c2C)cc1. The van der Waals surface area contributed by atoms with E-state index in [0.717, 1.165) is 21.2 Å². The number of nitrogens with one attached hydrogen (secondary N) is 1. The molecule has 1 amide bonds. The highest BCUT2D eigenvalue weighted by Crippen LogP contribution is 2.26. The topological polar surface area (TPSA) is 63.2 Å². The maximum Gasteiger partial charge on any atom is 0.239 e. The summed E-state index contributed by atoms with van der Waals surface area (Å²) in [6, 6.07) is 10.1. The number of hydrogen-bond donors (Lipinski definition) is 1. The molecule has 0 heterocycles. The smallest absolute Gasteiger partial charge is 0.239 e. The number of amides is 1. The molecule has 0 aliphatic rings. The standard InChI is InChI=1S/C17H18BrNO3S/c1-11-4-6-14(7-5-11)23(21,22)10-17(20)19-16-9-8-15(18)12(2)13(16)3/h4-9H,10H2,1-3H3,(H,19,20). The van der Waals surface area contributed by atoms with Crippen molar-refractivity contribution in [3.05, 3.63) is 57.6 Å². The molecule has 0 fully saturated rings. The van der Waals surface area contributed by atoms with E-state index in [1.54, 1.807) is 18.2 Å². The number of anilines is 1. The molecule has 0 aliphatic carbocycles. The van der Waals surface area contributed by atoms with Crippen LogP contribution in [-0.4, -0.2) is 20.1 Å². The molecule has 0 bridgehead atoms. The fourth-order valence-electron chi connectivity index (χ4n) is 2.11. The van der Waals surface area contributed by atoms with Crippen molar-refractivity contribution in [2.24, 2.45) is 0 Å². The van der Waals surface area contributed by atoms with Gasteiger partial charge in [-0.1, -0.05) is 33.6 Å². The van der Waals surface area contributed by atoms with E-state index in [1.165, 1.54) is 12.1 Å². The molecule has 0 atom stereocenters. The number of halogens is 1. The van der Waals surface area contributed by atoms with Gasteiger partial charge in [-0.25, -0.2) is 8.42 Å². The second kappa shape index (κ2) is 6.84. The molecule has 23 heavy (non-hydrogen) atoms. The van der Waals surface area contributed by atoms with E-state index in [0.29, 0.717) is 5.69 Å². The van der Waals surface area contributed by atoms with Crippen LogP contribution in [0.25, 0.3) is 0 Å². The van der Waals surface area contributed by atoms with Crippen LogP contribution in [0.2, 0.25) is 0 Å².